The van der Waals surface area contributed by atoms with Crippen LogP contribution in [0.15, 0.2) is 22.7 Å². The molecular weight excluding hydrogens is 420 g/mol. The van der Waals surface area contributed by atoms with Crippen molar-refractivity contribution in [2.24, 2.45) is 5.92 Å². The average molecular weight is 436 g/mol. The molecule has 0 aromatic heterocycles. The van der Waals surface area contributed by atoms with Gasteiger partial charge in [0.15, 0.2) is 0 Å². The summed E-state index contributed by atoms with van der Waals surface area (Å²) in [5, 5.41) is 0. The van der Waals surface area contributed by atoms with Gasteiger partial charge >= 0.3 is 12.5 Å². The molecule has 2 rings (SSSR count). The van der Waals surface area contributed by atoms with Gasteiger partial charge in [-0.2, -0.15) is 13.2 Å². The summed E-state index contributed by atoms with van der Waals surface area (Å²) in [4.78, 5) is 1.68. The number of rotatable bonds is 5. The largest absolute Gasteiger partial charge is 0.573 e. The van der Waals surface area contributed by atoms with Crippen LogP contribution >= 0.6 is 15.9 Å². The van der Waals surface area contributed by atoms with Crippen LogP contribution in [-0.4, -0.2) is 43.7 Å². The van der Waals surface area contributed by atoms with Gasteiger partial charge in [-0.3, -0.25) is 4.90 Å². The summed E-state index contributed by atoms with van der Waals surface area (Å²) in [5.74, 6) is -1.43. The Morgan fingerprint density at radius 2 is 1.88 bits per heavy atom. The lowest BCUT2D eigenvalue weighted by Crippen LogP contribution is -2.43. The number of hydrogen-bond acceptors (Lipinski definition) is 3. The number of alkyl halides is 6. The van der Waals surface area contributed by atoms with Gasteiger partial charge in [-0.15, -0.1) is 13.2 Å². The van der Waals surface area contributed by atoms with E-state index in [2.05, 4.69) is 20.7 Å². The van der Waals surface area contributed by atoms with Gasteiger partial charge in [0.1, 0.15) is 18.1 Å². The van der Waals surface area contributed by atoms with E-state index in [0.717, 1.165) is 12.1 Å². The lowest BCUT2D eigenvalue weighted by Gasteiger charge is -2.33. The molecule has 1 aliphatic heterocycles. The summed E-state index contributed by atoms with van der Waals surface area (Å²) in [6.45, 7) is 0.935. The first-order valence-corrected chi connectivity index (χ1v) is 8.31. The topological polar surface area (TPSA) is 21.7 Å². The molecule has 1 saturated heterocycles. The summed E-state index contributed by atoms with van der Waals surface area (Å²) < 4.78 is 84.2. The van der Waals surface area contributed by atoms with Gasteiger partial charge in [-0.25, -0.2) is 0 Å². The maximum atomic E-state index is 12.8. The number of nitrogens with zero attached hydrogens (tertiary/aromatic N) is 1. The van der Waals surface area contributed by atoms with Gasteiger partial charge in [0.25, 0.3) is 0 Å². The van der Waals surface area contributed by atoms with Gasteiger partial charge in [0.05, 0.1) is 10.4 Å². The Morgan fingerprint density at radius 1 is 1.16 bits per heavy atom. The summed E-state index contributed by atoms with van der Waals surface area (Å²) in [6.07, 6.45) is -8.38. The normalized spacial score (nSPS) is 19.7. The second kappa shape index (κ2) is 8.03. The third-order valence-corrected chi connectivity index (χ3v) is 4.39. The highest BCUT2D eigenvalue weighted by molar-refractivity contribution is 9.10. The lowest BCUT2D eigenvalue weighted by atomic mass is 9.98. The van der Waals surface area contributed by atoms with Crippen molar-refractivity contribution < 1.29 is 35.8 Å². The van der Waals surface area contributed by atoms with Crippen molar-refractivity contribution in [3.8, 4) is 11.5 Å². The number of likely N-dealkylation sites (tertiary alicyclic amines) is 1. The van der Waals surface area contributed by atoms with E-state index in [1.807, 2.05) is 0 Å². The standard InChI is InChI=1S/C15H16BrF6NO2/c16-12-8-11(25-15(20,21)22)3-4-13(12)24-7-6-23-5-1-2-10(9-23)14(17,18)19/h3-4,8,10H,1-2,5-7,9H2. The maximum Gasteiger partial charge on any atom is 0.573 e. The van der Waals surface area contributed by atoms with Crippen LogP contribution < -0.4 is 9.47 Å². The molecule has 1 aromatic rings. The fraction of sp³-hybridized carbons (Fsp3) is 0.600. The molecule has 1 atom stereocenters. The highest BCUT2D eigenvalue weighted by Gasteiger charge is 2.41. The molecule has 3 nitrogen and oxygen atoms in total. The molecule has 142 valence electrons. The highest BCUT2D eigenvalue weighted by atomic mass is 79.9. The number of halogens is 7. The highest BCUT2D eigenvalue weighted by Crippen LogP contribution is 2.34. The first-order chi connectivity index (χ1) is 11.5. The monoisotopic (exact) mass is 435 g/mol. The second-order valence-corrected chi connectivity index (χ2v) is 6.52. The molecule has 10 heteroatoms. The van der Waals surface area contributed by atoms with Crippen molar-refractivity contribution >= 4 is 15.9 Å². The minimum absolute atomic E-state index is 0.0631. The van der Waals surface area contributed by atoms with Gasteiger partial charge in [-0.1, -0.05) is 0 Å². The molecule has 0 aliphatic carbocycles. The predicted octanol–water partition coefficient (Wildman–Crippen LogP) is 5.00. The van der Waals surface area contributed by atoms with Gasteiger partial charge in [0.2, 0.25) is 0 Å². The van der Waals surface area contributed by atoms with Gasteiger partial charge < -0.3 is 9.47 Å². The molecule has 1 unspecified atom stereocenters. The Labute approximate surface area is 149 Å². The van der Waals surface area contributed by atoms with Crippen LogP contribution in [0, 0.1) is 5.92 Å². The summed E-state index contributed by atoms with van der Waals surface area (Å²) >= 11 is 3.08. The molecule has 0 N–H and O–H groups in total. The van der Waals surface area contributed by atoms with Crippen LogP contribution in [0.4, 0.5) is 26.3 Å². The van der Waals surface area contributed by atoms with Crippen LogP contribution in [-0.2, 0) is 0 Å². The quantitative estimate of drug-likeness (QED) is 0.607. The molecule has 25 heavy (non-hydrogen) atoms. The maximum absolute atomic E-state index is 12.8. The zero-order chi connectivity index (χ0) is 18.7. The Bertz CT molecular complexity index is 578. The fourth-order valence-electron chi connectivity index (χ4n) is 2.61. The van der Waals surface area contributed by atoms with Crippen LogP contribution in [0.1, 0.15) is 12.8 Å². The van der Waals surface area contributed by atoms with Crippen LogP contribution in [0.5, 0.6) is 11.5 Å². The minimum atomic E-state index is -4.79. The predicted molar refractivity (Wildman–Crippen MR) is 81.5 cm³/mol. The molecule has 0 radical (unpaired) electrons. The molecule has 1 aliphatic rings. The fourth-order valence-corrected chi connectivity index (χ4v) is 3.08. The van der Waals surface area contributed by atoms with E-state index < -0.39 is 24.2 Å². The molecular formula is C15H16BrF6NO2. The number of hydrogen-bond donors (Lipinski definition) is 0. The Hall–Kier alpha value is -1.16. The third-order valence-electron chi connectivity index (χ3n) is 3.77. The van der Waals surface area contributed by atoms with Crippen molar-refractivity contribution in [1.82, 2.24) is 4.90 Å². The van der Waals surface area contributed by atoms with E-state index in [4.69, 9.17) is 4.74 Å². The summed E-state index contributed by atoms with van der Waals surface area (Å²) in [7, 11) is 0. The van der Waals surface area contributed by atoms with E-state index >= 15 is 0 Å². The lowest BCUT2D eigenvalue weighted by molar-refractivity contribution is -0.274. The van der Waals surface area contributed by atoms with E-state index in [-0.39, 0.29) is 24.0 Å². The zero-order valence-electron chi connectivity index (χ0n) is 13.0. The number of ether oxygens (including phenoxy) is 2. The molecule has 1 fully saturated rings. The first-order valence-electron chi connectivity index (χ1n) is 7.52. The number of benzene rings is 1. The molecule has 0 bridgehead atoms. The van der Waals surface area contributed by atoms with E-state index in [9.17, 15) is 26.3 Å². The van der Waals surface area contributed by atoms with Crippen molar-refractivity contribution in [2.75, 3.05) is 26.2 Å². The van der Waals surface area contributed by atoms with E-state index in [1.54, 1.807) is 4.90 Å². The van der Waals surface area contributed by atoms with Crippen LogP contribution in [0.2, 0.25) is 0 Å². The second-order valence-electron chi connectivity index (χ2n) is 5.67. The third kappa shape index (κ3) is 6.58. The average Bonchev–Trinajstić information content (AvgIpc) is 2.47. The van der Waals surface area contributed by atoms with E-state index in [1.165, 1.54) is 6.07 Å². The van der Waals surface area contributed by atoms with Crippen LogP contribution in [0.3, 0.4) is 0 Å². The van der Waals surface area contributed by atoms with Crippen molar-refractivity contribution in [2.45, 2.75) is 25.4 Å². The Kier molecular flexibility index (Phi) is 6.47. The molecule has 1 aromatic carbocycles. The summed E-state index contributed by atoms with van der Waals surface area (Å²) in [5.41, 5.74) is 0. The summed E-state index contributed by atoms with van der Waals surface area (Å²) in [6, 6.07) is 3.53. The molecule has 0 amide bonds. The molecule has 0 saturated carbocycles. The number of piperidine rings is 1. The van der Waals surface area contributed by atoms with Crippen molar-refractivity contribution in [1.29, 1.82) is 0 Å². The molecule has 0 spiro atoms. The minimum Gasteiger partial charge on any atom is -0.491 e. The van der Waals surface area contributed by atoms with Crippen LogP contribution in [0.25, 0.3) is 0 Å². The van der Waals surface area contributed by atoms with Gasteiger partial charge in [0, 0.05) is 13.1 Å². The SMILES string of the molecule is FC(F)(F)Oc1ccc(OCCN2CCCC(C(F)(F)F)C2)c(Br)c1. The van der Waals surface area contributed by atoms with Crippen molar-refractivity contribution in [3.63, 3.8) is 0 Å². The first kappa shape index (κ1) is 20.2. The van der Waals surface area contributed by atoms with Gasteiger partial charge in [-0.05, 0) is 53.5 Å². The Morgan fingerprint density at radius 3 is 2.48 bits per heavy atom. The van der Waals surface area contributed by atoms with Crippen molar-refractivity contribution in [3.05, 3.63) is 22.7 Å². The Balaban J connectivity index is 1.83. The zero-order valence-corrected chi connectivity index (χ0v) is 14.5. The molecule has 1 heterocycles. The smallest absolute Gasteiger partial charge is 0.491 e. The van der Waals surface area contributed by atoms with E-state index in [0.29, 0.717) is 25.3 Å².